The van der Waals surface area contributed by atoms with E-state index in [1.165, 1.54) is 0 Å². The van der Waals surface area contributed by atoms with Crippen LogP contribution >= 0.6 is 0 Å². The Bertz CT molecular complexity index is 585. The topological polar surface area (TPSA) is 82.0 Å². The molecule has 1 heterocycles. The van der Waals surface area contributed by atoms with Crippen molar-refractivity contribution in [2.45, 2.75) is 32.2 Å². The van der Waals surface area contributed by atoms with E-state index in [2.05, 4.69) is 10.6 Å². The molecular weight excluding hydrogens is 242 g/mol. The molecule has 0 spiro atoms. The van der Waals surface area contributed by atoms with E-state index in [1.807, 2.05) is 26.0 Å². The lowest BCUT2D eigenvalue weighted by molar-refractivity contribution is -0.126. The number of rotatable bonds is 2. The first kappa shape index (κ1) is 13.1. The van der Waals surface area contributed by atoms with Gasteiger partial charge < -0.3 is 10.6 Å². The monoisotopic (exact) mass is 257 g/mol. The van der Waals surface area contributed by atoms with Crippen molar-refractivity contribution in [1.82, 2.24) is 5.32 Å². The minimum Gasteiger partial charge on any atom is -0.351 e. The molecule has 0 fully saturated rings. The number of hydrogen-bond donors (Lipinski definition) is 2. The quantitative estimate of drug-likeness (QED) is 0.841. The molecule has 5 nitrogen and oxygen atoms in total. The first-order chi connectivity index (χ1) is 8.96. The second-order valence-corrected chi connectivity index (χ2v) is 5.03. The van der Waals surface area contributed by atoms with Gasteiger partial charge in [0.25, 0.3) is 0 Å². The van der Waals surface area contributed by atoms with Crippen LogP contribution in [0.15, 0.2) is 18.2 Å². The molecule has 5 heteroatoms. The van der Waals surface area contributed by atoms with E-state index < -0.39 is 5.41 Å². The first-order valence-electron chi connectivity index (χ1n) is 6.04. The molecule has 2 N–H and O–H groups in total. The van der Waals surface area contributed by atoms with Crippen LogP contribution in [0.25, 0.3) is 0 Å². The van der Waals surface area contributed by atoms with Gasteiger partial charge in [-0.05, 0) is 31.0 Å². The zero-order chi connectivity index (χ0) is 14.0. The summed E-state index contributed by atoms with van der Waals surface area (Å²) in [6, 6.07) is 7.32. The number of nitriles is 1. The predicted octanol–water partition coefficient (Wildman–Crippen LogP) is 1.45. The van der Waals surface area contributed by atoms with Crippen LogP contribution in [0.5, 0.6) is 0 Å². The van der Waals surface area contributed by atoms with Crippen LogP contribution in [0.2, 0.25) is 0 Å². The molecule has 19 heavy (non-hydrogen) atoms. The molecule has 2 rings (SSSR count). The summed E-state index contributed by atoms with van der Waals surface area (Å²) >= 11 is 0. The van der Waals surface area contributed by atoms with E-state index >= 15 is 0 Å². The summed E-state index contributed by atoms with van der Waals surface area (Å²) in [5.41, 5.74) is 1.71. The van der Waals surface area contributed by atoms with Gasteiger partial charge in [0.2, 0.25) is 11.8 Å². The van der Waals surface area contributed by atoms with Crippen LogP contribution in [0, 0.1) is 11.3 Å². The summed E-state index contributed by atoms with van der Waals surface area (Å²) < 4.78 is 0. The number of benzene rings is 1. The van der Waals surface area contributed by atoms with Crippen molar-refractivity contribution in [3.05, 3.63) is 29.3 Å². The second-order valence-electron chi connectivity index (χ2n) is 5.03. The summed E-state index contributed by atoms with van der Waals surface area (Å²) in [5, 5.41) is 14.1. The van der Waals surface area contributed by atoms with Crippen molar-refractivity contribution in [3.8, 4) is 6.07 Å². The summed E-state index contributed by atoms with van der Waals surface area (Å²) in [6.45, 7) is 4.10. The van der Waals surface area contributed by atoms with Crippen LogP contribution in [-0.4, -0.2) is 11.8 Å². The van der Waals surface area contributed by atoms with Crippen LogP contribution in [0.3, 0.4) is 0 Å². The molecule has 0 saturated heterocycles. The molecule has 0 radical (unpaired) electrons. The zero-order valence-corrected chi connectivity index (χ0v) is 10.9. The highest BCUT2D eigenvalue weighted by Crippen LogP contribution is 2.36. The number of carbonyl (C=O) groups excluding carboxylic acids is 2. The fourth-order valence-corrected chi connectivity index (χ4v) is 2.37. The normalized spacial score (nSPS) is 15.9. The number of hydrogen-bond acceptors (Lipinski definition) is 3. The molecule has 0 atom stereocenters. The number of carbonyl (C=O) groups is 2. The third-order valence-corrected chi connectivity index (χ3v) is 3.30. The second kappa shape index (κ2) is 4.73. The predicted molar refractivity (Wildman–Crippen MR) is 70.2 cm³/mol. The van der Waals surface area contributed by atoms with Gasteiger partial charge >= 0.3 is 0 Å². The maximum Gasteiger partial charge on any atom is 0.238 e. The Morgan fingerprint density at radius 2 is 2.26 bits per heavy atom. The molecule has 1 aliphatic rings. The molecule has 98 valence electrons. The van der Waals surface area contributed by atoms with E-state index in [9.17, 15) is 9.59 Å². The van der Waals surface area contributed by atoms with E-state index in [1.54, 1.807) is 12.1 Å². The molecule has 1 aromatic carbocycles. The van der Waals surface area contributed by atoms with Crippen molar-refractivity contribution >= 4 is 17.5 Å². The highest BCUT2D eigenvalue weighted by Gasteiger charge is 2.37. The van der Waals surface area contributed by atoms with Crippen molar-refractivity contribution in [1.29, 1.82) is 5.26 Å². The van der Waals surface area contributed by atoms with Gasteiger partial charge in [-0.2, -0.15) is 5.26 Å². The van der Waals surface area contributed by atoms with Crippen molar-refractivity contribution in [2.24, 2.45) is 0 Å². The molecule has 0 aliphatic carbocycles. The maximum absolute atomic E-state index is 12.0. The lowest BCUT2D eigenvalue weighted by Gasteiger charge is -2.33. The third kappa shape index (κ3) is 2.29. The molecule has 0 unspecified atom stereocenters. The summed E-state index contributed by atoms with van der Waals surface area (Å²) in [5.74, 6) is -0.431. The zero-order valence-electron chi connectivity index (χ0n) is 10.9. The van der Waals surface area contributed by atoms with Crippen LogP contribution < -0.4 is 10.6 Å². The van der Waals surface area contributed by atoms with Gasteiger partial charge in [-0.3, -0.25) is 9.59 Å². The Kier molecular flexibility index (Phi) is 3.26. The highest BCUT2D eigenvalue weighted by atomic mass is 16.2. The maximum atomic E-state index is 12.0. The van der Waals surface area contributed by atoms with Crippen LogP contribution in [0.1, 0.15) is 31.4 Å². The minimum absolute atomic E-state index is 0.0676. The number of fused-ring (bicyclic) bond motifs is 1. The van der Waals surface area contributed by atoms with Gasteiger partial charge in [0.1, 0.15) is 6.42 Å². The fourth-order valence-electron chi connectivity index (χ4n) is 2.37. The van der Waals surface area contributed by atoms with Gasteiger partial charge in [0.05, 0.1) is 11.5 Å². The summed E-state index contributed by atoms with van der Waals surface area (Å²) in [6.07, 6.45) is -0.198. The Labute approximate surface area is 111 Å². The first-order valence-corrected chi connectivity index (χ1v) is 6.04. The smallest absolute Gasteiger partial charge is 0.238 e. The number of anilines is 1. The minimum atomic E-state index is -0.704. The van der Waals surface area contributed by atoms with Crippen molar-refractivity contribution < 1.29 is 9.59 Å². The van der Waals surface area contributed by atoms with Crippen LogP contribution in [0.4, 0.5) is 5.69 Å². The largest absolute Gasteiger partial charge is 0.351 e. The molecule has 1 aromatic rings. The van der Waals surface area contributed by atoms with Crippen molar-refractivity contribution in [2.75, 3.05) is 5.32 Å². The van der Waals surface area contributed by atoms with E-state index in [-0.39, 0.29) is 18.2 Å². The third-order valence-electron chi connectivity index (χ3n) is 3.30. The van der Waals surface area contributed by atoms with Gasteiger partial charge in [0, 0.05) is 12.2 Å². The van der Waals surface area contributed by atoms with E-state index in [0.717, 1.165) is 11.1 Å². The lowest BCUT2D eigenvalue weighted by Crippen LogP contribution is -2.45. The number of nitrogens with zero attached hydrogens (tertiary/aromatic N) is 1. The van der Waals surface area contributed by atoms with Gasteiger partial charge in [-0.25, -0.2) is 0 Å². The van der Waals surface area contributed by atoms with Crippen molar-refractivity contribution in [3.63, 3.8) is 0 Å². The fraction of sp³-hybridized carbons (Fsp3) is 0.357. The lowest BCUT2D eigenvalue weighted by atomic mass is 9.77. The molecule has 0 aromatic heterocycles. The average Bonchev–Trinajstić information content (AvgIpc) is 2.34. The summed E-state index contributed by atoms with van der Waals surface area (Å²) in [7, 11) is 0. The van der Waals surface area contributed by atoms with E-state index in [0.29, 0.717) is 12.2 Å². The molecule has 0 bridgehead atoms. The van der Waals surface area contributed by atoms with Gasteiger partial charge in [-0.15, -0.1) is 0 Å². The molecule has 0 saturated carbocycles. The Balaban J connectivity index is 2.45. The molecule has 1 aliphatic heterocycles. The Morgan fingerprint density at radius 3 is 2.95 bits per heavy atom. The Morgan fingerprint density at radius 1 is 1.53 bits per heavy atom. The SMILES string of the molecule is CC1(C)C(=O)NCc2cccc(NC(=O)CC#N)c21. The van der Waals surface area contributed by atoms with Gasteiger partial charge in [0.15, 0.2) is 0 Å². The number of amides is 2. The standard InChI is InChI=1S/C14H15N3O2/c1-14(2)12-9(8-16-13(14)19)4-3-5-10(12)17-11(18)6-7-15/h3-5H,6,8H2,1-2H3,(H,16,19)(H,17,18). The number of nitrogens with one attached hydrogen (secondary N) is 2. The van der Waals surface area contributed by atoms with E-state index in [4.69, 9.17) is 5.26 Å². The molecule has 2 amide bonds. The van der Waals surface area contributed by atoms with Gasteiger partial charge in [-0.1, -0.05) is 12.1 Å². The summed E-state index contributed by atoms with van der Waals surface area (Å²) in [4.78, 5) is 23.5. The molecular formula is C14H15N3O2. The highest BCUT2D eigenvalue weighted by molar-refractivity contribution is 5.97. The Hall–Kier alpha value is -2.35. The average molecular weight is 257 g/mol. The van der Waals surface area contributed by atoms with Crippen LogP contribution in [-0.2, 0) is 21.5 Å².